The Morgan fingerprint density at radius 1 is 1.29 bits per heavy atom. The first-order chi connectivity index (χ1) is 8.10. The number of hydrogen-bond acceptors (Lipinski definition) is 6. The molecule has 0 spiro atoms. The first kappa shape index (κ1) is 14.5. The van der Waals surface area contributed by atoms with E-state index in [0.717, 1.165) is 18.5 Å². The van der Waals surface area contributed by atoms with Crippen molar-refractivity contribution >= 4 is 21.9 Å². The van der Waals surface area contributed by atoms with Gasteiger partial charge in [-0.1, -0.05) is 18.4 Å². The molecule has 1 aromatic carbocycles. The Labute approximate surface area is 105 Å². The first-order valence-corrected chi connectivity index (χ1v) is 7.47. The van der Waals surface area contributed by atoms with Gasteiger partial charge in [-0.05, 0) is 30.7 Å². The summed E-state index contributed by atoms with van der Waals surface area (Å²) in [4.78, 5) is 0.925. The minimum atomic E-state index is -3.19. The van der Waals surface area contributed by atoms with Crippen LogP contribution in [0.4, 0.5) is 0 Å². The van der Waals surface area contributed by atoms with Crippen LogP contribution in [0.15, 0.2) is 34.1 Å². The highest BCUT2D eigenvalue weighted by molar-refractivity contribution is 7.94. The largest absolute Gasteiger partial charge is 0.224 e. The van der Waals surface area contributed by atoms with Gasteiger partial charge < -0.3 is 0 Å². The number of rotatable bonds is 7. The maximum atomic E-state index is 11.8. The van der Waals surface area contributed by atoms with E-state index in [-0.39, 0.29) is 5.75 Å². The second kappa shape index (κ2) is 6.97. The van der Waals surface area contributed by atoms with Crippen LogP contribution in [0.2, 0.25) is 0 Å². The molecule has 0 saturated carbocycles. The Bertz CT molecular complexity index is 427. The molecule has 0 atom stereocenters. The number of benzene rings is 1. The quantitative estimate of drug-likeness (QED) is 0.469. The summed E-state index contributed by atoms with van der Waals surface area (Å²) < 4.78 is 27.9. The number of unbranched alkanes of at least 4 members (excludes halogenated alkanes) is 1. The molecule has 0 amide bonds. The molecule has 0 bridgehead atoms. The third-order valence-corrected chi connectivity index (χ3v) is 4.52. The zero-order valence-corrected chi connectivity index (χ0v) is 11.0. The summed E-state index contributed by atoms with van der Waals surface area (Å²) >= 11 is 0.791. The molecule has 17 heavy (non-hydrogen) atoms. The van der Waals surface area contributed by atoms with Crippen molar-refractivity contribution in [3.63, 3.8) is 0 Å². The van der Waals surface area contributed by atoms with Gasteiger partial charge in [-0.25, -0.2) is 13.7 Å². The predicted molar refractivity (Wildman–Crippen MR) is 64.1 cm³/mol. The van der Waals surface area contributed by atoms with Crippen LogP contribution in [-0.4, -0.2) is 19.4 Å². The third-order valence-electron chi connectivity index (χ3n) is 2.11. The van der Waals surface area contributed by atoms with Gasteiger partial charge >= 0.3 is 0 Å². The molecule has 0 aromatic heterocycles. The molecule has 1 rings (SSSR count). The fraction of sp³-hybridized carbons (Fsp3) is 0.400. The van der Waals surface area contributed by atoms with Gasteiger partial charge in [-0.15, -0.1) is 4.33 Å². The lowest BCUT2D eigenvalue weighted by Crippen LogP contribution is -2.06. The molecule has 7 heteroatoms. The van der Waals surface area contributed by atoms with Crippen LogP contribution in [0.25, 0.3) is 0 Å². The van der Waals surface area contributed by atoms with Gasteiger partial charge in [-0.3, -0.25) is 0 Å². The summed E-state index contributed by atoms with van der Waals surface area (Å²) in [6.45, 7) is 1.95. The molecule has 5 nitrogen and oxygen atoms in total. The smallest absolute Gasteiger partial charge is 0.178 e. The van der Waals surface area contributed by atoms with Crippen molar-refractivity contribution in [1.29, 1.82) is 0 Å². The summed E-state index contributed by atoms with van der Waals surface area (Å²) in [5.74, 6) is 0.159. The van der Waals surface area contributed by atoms with Crippen molar-refractivity contribution in [2.75, 3.05) is 5.75 Å². The summed E-state index contributed by atoms with van der Waals surface area (Å²) in [6, 6.07) is 6.19. The van der Waals surface area contributed by atoms with E-state index in [1.54, 1.807) is 12.1 Å². The van der Waals surface area contributed by atoms with Gasteiger partial charge in [0.05, 0.1) is 22.7 Å². The zero-order valence-electron chi connectivity index (χ0n) is 9.33. The minimum Gasteiger partial charge on any atom is -0.224 e. The van der Waals surface area contributed by atoms with Crippen LogP contribution < -0.4 is 0 Å². The lowest BCUT2D eigenvalue weighted by molar-refractivity contribution is -0.432. The molecule has 0 saturated heterocycles. The zero-order chi connectivity index (χ0) is 12.7. The van der Waals surface area contributed by atoms with Crippen LogP contribution in [0.3, 0.4) is 0 Å². The molecule has 0 heterocycles. The van der Waals surface area contributed by atoms with Crippen molar-refractivity contribution in [2.45, 2.75) is 29.6 Å². The highest BCUT2D eigenvalue weighted by Crippen LogP contribution is 2.21. The lowest BCUT2D eigenvalue weighted by Gasteiger charge is -2.04. The summed E-state index contributed by atoms with van der Waals surface area (Å²) in [5.41, 5.74) is 0. The molecular formula is C10H14O5S2. The van der Waals surface area contributed by atoms with E-state index in [9.17, 15) is 8.42 Å². The van der Waals surface area contributed by atoms with Crippen LogP contribution in [-0.2, 0) is 19.2 Å². The van der Waals surface area contributed by atoms with Crippen LogP contribution in [0.5, 0.6) is 0 Å². The highest BCUT2D eigenvalue weighted by Gasteiger charge is 2.13. The van der Waals surface area contributed by atoms with E-state index in [1.165, 1.54) is 12.1 Å². The van der Waals surface area contributed by atoms with Crippen molar-refractivity contribution < 1.29 is 23.0 Å². The van der Waals surface area contributed by atoms with Gasteiger partial charge in [0.2, 0.25) is 0 Å². The maximum Gasteiger partial charge on any atom is 0.178 e. The van der Waals surface area contributed by atoms with Crippen LogP contribution >= 0.6 is 12.0 Å². The molecular weight excluding hydrogens is 264 g/mol. The van der Waals surface area contributed by atoms with E-state index < -0.39 is 9.84 Å². The maximum absolute atomic E-state index is 11.8. The van der Waals surface area contributed by atoms with E-state index in [2.05, 4.69) is 9.37 Å². The van der Waals surface area contributed by atoms with E-state index in [1.807, 2.05) is 6.92 Å². The van der Waals surface area contributed by atoms with E-state index in [0.29, 0.717) is 16.2 Å². The summed E-state index contributed by atoms with van der Waals surface area (Å²) in [5, 5.41) is 11.4. The Balaban J connectivity index is 2.73. The normalized spacial score (nSPS) is 11.6. The average Bonchev–Trinajstić information content (AvgIpc) is 2.34. The SMILES string of the molecule is CCCCS(=O)(=O)c1ccc(SOOO)cc1. The first-order valence-electron chi connectivity index (χ1n) is 5.07. The van der Waals surface area contributed by atoms with Gasteiger partial charge in [-0.2, -0.15) is 0 Å². The molecule has 96 valence electrons. The van der Waals surface area contributed by atoms with Crippen molar-refractivity contribution in [3.05, 3.63) is 24.3 Å². The average molecular weight is 278 g/mol. The van der Waals surface area contributed by atoms with E-state index >= 15 is 0 Å². The minimum absolute atomic E-state index is 0.159. The second-order valence-electron chi connectivity index (χ2n) is 3.37. The topological polar surface area (TPSA) is 72.8 Å². The number of hydrogen-bond donors (Lipinski definition) is 1. The van der Waals surface area contributed by atoms with Gasteiger partial charge in [0.25, 0.3) is 0 Å². The molecule has 1 N–H and O–H groups in total. The van der Waals surface area contributed by atoms with Gasteiger partial charge in [0, 0.05) is 4.90 Å². The summed E-state index contributed by atoms with van der Waals surface area (Å²) in [7, 11) is -3.19. The monoisotopic (exact) mass is 278 g/mol. The molecule has 0 radical (unpaired) electrons. The molecule has 0 unspecified atom stereocenters. The Hall–Kier alpha value is -0.600. The lowest BCUT2D eigenvalue weighted by atomic mass is 10.4. The molecule has 1 aromatic rings. The Kier molecular flexibility index (Phi) is 5.93. The van der Waals surface area contributed by atoms with Crippen LogP contribution in [0.1, 0.15) is 19.8 Å². The molecule has 0 aliphatic heterocycles. The van der Waals surface area contributed by atoms with Crippen molar-refractivity contribution in [2.24, 2.45) is 0 Å². The standard InChI is InChI=1S/C10H14O5S2/c1-2-3-8-17(12,13)10-6-4-9(5-7-10)16-15-14-11/h4-7,11H,2-3,8H2,1H3. The molecule has 0 aliphatic carbocycles. The van der Waals surface area contributed by atoms with E-state index in [4.69, 9.17) is 5.26 Å². The Morgan fingerprint density at radius 2 is 1.94 bits per heavy atom. The fourth-order valence-electron chi connectivity index (χ4n) is 1.21. The fourth-order valence-corrected chi connectivity index (χ4v) is 3.02. The van der Waals surface area contributed by atoms with Gasteiger partial charge in [0.15, 0.2) is 9.84 Å². The second-order valence-corrected chi connectivity index (χ2v) is 6.25. The third kappa shape index (κ3) is 4.64. The highest BCUT2D eigenvalue weighted by atomic mass is 32.2. The van der Waals surface area contributed by atoms with Crippen molar-refractivity contribution in [3.8, 4) is 0 Å². The van der Waals surface area contributed by atoms with Crippen molar-refractivity contribution in [1.82, 2.24) is 0 Å². The van der Waals surface area contributed by atoms with Crippen LogP contribution in [0, 0.1) is 0 Å². The Morgan fingerprint density at radius 3 is 2.47 bits per heavy atom. The summed E-state index contributed by atoms with van der Waals surface area (Å²) in [6.07, 6.45) is 1.50. The predicted octanol–water partition coefficient (Wildman–Crippen LogP) is 2.69. The molecule has 0 fully saturated rings. The molecule has 0 aliphatic rings. The number of sulfone groups is 1. The van der Waals surface area contributed by atoms with Gasteiger partial charge in [0.1, 0.15) is 0 Å².